The topological polar surface area (TPSA) is 86.2 Å². The molecule has 4 aliphatic heterocycles. The summed E-state index contributed by atoms with van der Waals surface area (Å²) in [6.07, 6.45) is 7.37. The molecule has 0 saturated carbocycles. The summed E-state index contributed by atoms with van der Waals surface area (Å²) in [5.41, 5.74) is 0.504. The first-order chi connectivity index (χ1) is 19.9. The van der Waals surface area contributed by atoms with Crippen LogP contribution in [0.15, 0.2) is 42.6 Å². The van der Waals surface area contributed by atoms with Crippen molar-refractivity contribution in [2.75, 3.05) is 37.7 Å². The van der Waals surface area contributed by atoms with E-state index in [9.17, 15) is 5.21 Å². The predicted octanol–water partition coefficient (Wildman–Crippen LogP) is 5.60. The second kappa shape index (κ2) is 9.46. The number of piperazine rings is 1. The van der Waals surface area contributed by atoms with Crippen LogP contribution in [0, 0.1) is 11.0 Å². The SMILES string of the molecule is [O-][N+]12CCCC1(COc1nc(N3C[C@H]4CC[C@@H](C3)N4)c3cnc(-c4cccc5cccc(Cl)c45)c(F)c3n1)CCC2. The average Bonchev–Trinajstić information content (AvgIpc) is 3.60. The molecule has 6 heterocycles. The van der Waals surface area contributed by atoms with E-state index in [0.29, 0.717) is 47.0 Å². The molecule has 4 aliphatic rings. The smallest absolute Gasteiger partial charge is 0.319 e. The molecule has 0 spiro atoms. The number of hydrogen-bond donors (Lipinski definition) is 1. The van der Waals surface area contributed by atoms with Crippen LogP contribution in [0.3, 0.4) is 0 Å². The fourth-order valence-electron chi connectivity index (χ4n) is 7.88. The van der Waals surface area contributed by atoms with E-state index in [0.717, 1.165) is 62.4 Å². The molecule has 4 aromatic rings. The molecule has 2 atom stereocenters. The molecule has 0 unspecified atom stereocenters. The normalized spacial score (nSPS) is 29.0. The molecule has 4 saturated heterocycles. The standard InChI is InChI=1S/C31H32ClFN6O2/c32-24-8-2-6-19-5-1-7-22(25(19)24)27-26(33)28-23(15-34-27)29(38-16-20-9-10-21(17-38)35-20)37-30(36-28)41-18-31-11-3-13-39(31,40)14-4-12-31/h1-2,5-8,15,20-21,35H,3-4,9-14,16-18H2/t20-,21+,31?,39?. The Morgan fingerprint density at radius 3 is 2.56 bits per heavy atom. The molecular formula is C31H32ClFN6O2. The van der Waals surface area contributed by atoms with Crippen molar-refractivity contribution in [2.45, 2.75) is 56.1 Å². The van der Waals surface area contributed by atoms with Crippen LogP contribution in [0.4, 0.5) is 10.2 Å². The lowest BCUT2D eigenvalue weighted by atomic mass is 9.95. The average molecular weight is 575 g/mol. The van der Waals surface area contributed by atoms with Crippen LogP contribution in [0.2, 0.25) is 5.02 Å². The Morgan fingerprint density at radius 1 is 1.07 bits per heavy atom. The summed E-state index contributed by atoms with van der Waals surface area (Å²) < 4.78 is 22.7. The molecule has 0 radical (unpaired) electrons. The van der Waals surface area contributed by atoms with Crippen LogP contribution in [0.25, 0.3) is 32.9 Å². The van der Waals surface area contributed by atoms with E-state index >= 15 is 4.39 Å². The summed E-state index contributed by atoms with van der Waals surface area (Å²) >= 11 is 6.59. The Bertz CT molecular complexity index is 1660. The maximum absolute atomic E-state index is 16.6. The molecule has 41 heavy (non-hydrogen) atoms. The van der Waals surface area contributed by atoms with Gasteiger partial charge in [-0.2, -0.15) is 9.97 Å². The maximum atomic E-state index is 16.6. The molecule has 4 fully saturated rings. The van der Waals surface area contributed by atoms with Crippen molar-refractivity contribution in [3.8, 4) is 17.3 Å². The number of nitrogens with one attached hydrogen (secondary N) is 1. The van der Waals surface area contributed by atoms with Crippen molar-refractivity contribution in [2.24, 2.45) is 0 Å². The number of hydroxylamine groups is 3. The van der Waals surface area contributed by atoms with Crippen molar-refractivity contribution in [3.05, 3.63) is 58.6 Å². The number of hydrogen-bond acceptors (Lipinski definition) is 7. The molecule has 0 amide bonds. The van der Waals surface area contributed by atoms with Crippen LogP contribution >= 0.6 is 11.6 Å². The van der Waals surface area contributed by atoms with Gasteiger partial charge in [-0.3, -0.25) is 4.98 Å². The van der Waals surface area contributed by atoms with Crippen LogP contribution in [0.1, 0.15) is 38.5 Å². The van der Waals surface area contributed by atoms with Gasteiger partial charge in [0.05, 0.1) is 18.5 Å². The highest BCUT2D eigenvalue weighted by Gasteiger charge is 2.54. The summed E-state index contributed by atoms with van der Waals surface area (Å²) in [5, 5.41) is 19.9. The minimum atomic E-state index is -0.532. The minimum Gasteiger partial charge on any atom is -0.632 e. The second-order valence-electron chi connectivity index (χ2n) is 12.3. The quantitative estimate of drug-likeness (QED) is 0.245. The van der Waals surface area contributed by atoms with E-state index < -0.39 is 11.4 Å². The molecule has 2 bridgehead atoms. The third-order valence-electron chi connectivity index (χ3n) is 9.93. The van der Waals surface area contributed by atoms with Gasteiger partial charge >= 0.3 is 6.01 Å². The van der Waals surface area contributed by atoms with Crippen LogP contribution < -0.4 is 15.0 Å². The van der Waals surface area contributed by atoms with E-state index in [1.54, 1.807) is 12.3 Å². The number of fused-ring (bicyclic) bond motifs is 5. The van der Waals surface area contributed by atoms with E-state index in [2.05, 4.69) is 20.2 Å². The van der Waals surface area contributed by atoms with Gasteiger partial charge in [0.25, 0.3) is 0 Å². The van der Waals surface area contributed by atoms with Crippen LogP contribution in [-0.4, -0.2) is 70.0 Å². The Labute approximate surface area is 242 Å². The highest BCUT2D eigenvalue weighted by molar-refractivity contribution is 6.36. The lowest BCUT2D eigenvalue weighted by molar-refractivity contribution is -0.905. The zero-order valence-corrected chi connectivity index (χ0v) is 23.5. The molecule has 0 aliphatic carbocycles. The summed E-state index contributed by atoms with van der Waals surface area (Å²) in [7, 11) is 0. The number of aromatic nitrogens is 3. The number of halogens is 2. The summed E-state index contributed by atoms with van der Waals surface area (Å²) in [6.45, 7) is 3.05. The van der Waals surface area contributed by atoms with Gasteiger partial charge in [-0.15, -0.1) is 0 Å². The fraction of sp³-hybridized carbons (Fsp3) is 0.452. The van der Waals surface area contributed by atoms with Gasteiger partial charge in [-0.1, -0.05) is 41.9 Å². The number of benzene rings is 2. The molecule has 8 nitrogen and oxygen atoms in total. The van der Waals surface area contributed by atoms with Gasteiger partial charge in [0, 0.05) is 73.0 Å². The molecule has 8 rings (SSSR count). The fourth-order valence-corrected chi connectivity index (χ4v) is 8.17. The summed E-state index contributed by atoms with van der Waals surface area (Å²) in [4.78, 5) is 16.3. The minimum absolute atomic E-state index is 0.116. The Morgan fingerprint density at radius 2 is 1.80 bits per heavy atom. The van der Waals surface area contributed by atoms with Crippen molar-refractivity contribution < 1.29 is 13.8 Å². The van der Waals surface area contributed by atoms with Gasteiger partial charge in [-0.05, 0) is 24.3 Å². The van der Waals surface area contributed by atoms with Crippen molar-refractivity contribution >= 4 is 39.1 Å². The Balaban J connectivity index is 1.25. The monoisotopic (exact) mass is 574 g/mol. The number of nitrogens with zero attached hydrogens (tertiary/aromatic N) is 5. The number of quaternary nitrogens is 1. The lowest BCUT2D eigenvalue weighted by Gasteiger charge is -2.47. The summed E-state index contributed by atoms with van der Waals surface area (Å²) in [6, 6.07) is 12.2. The van der Waals surface area contributed by atoms with Gasteiger partial charge in [0.2, 0.25) is 0 Å². The van der Waals surface area contributed by atoms with Gasteiger partial charge in [0.1, 0.15) is 29.2 Å². The van der Waals surface area contributed by atoms with Gasteiger partial charge < -0.3 is 24.8 Å². The van der Waals surface area contributed by atoms with Gasteiger partial charge in [0.15, 0.2) is 5.82 Å². The van der Waals surface area contributed by atoms with E-state index in [4.69, 9.17) is 21.3 Å². The Hall–Kier alpha value is -3.11. The first-order valence-electron chi connectivity index (χ1n) is 14.7. The van der Waals surface area contributed by atoms with E-state index in [1.807, 2.05) is 30.3 Å². The third-order valence-corrected chi connectivity index (χ3v) is 10.2. The van der Waals surface area contributed by atoms with E-state index in [1.165, 1.54) is 0 Å². The largest absolute Gasteiger partial charge is 0.632 e. The molecular weight excluding hydrogens is 543 g/mol. The molecule has 2 aromatic heterocycles. The first-order valence-corrected chi connectivity index (χ1v) is 15.1. The van der Waals surface area contributed by atoms with Crippen LogP contribution in [0.5, 0.6) is 6.01 Å². The van der Waals surface area contributed by atoms with Gasteiger partial charge in [-0.25, -0.2) is 4.39 Å². The zero-order chi connectivity index (χ0) is 27.8. The van der Waals surface area contributed by atoms with Crippen LogP contribution in [-0.2, 0) is 0 Å². The second-order valence-corrected chi connectivity index (χ2v) is 12.7. The molecule has 2 aromatic carbocycles. The number of ether oxygens (including phenoxy) is 1. The van der Waals surface area contributed by atoms with Crippen molar-refractivity contribution in [1.29, 1.82) is 0 Å². The molecule has 10 heteroatoms. The number of pyridine rings is 1. The lowest BCUT2D eigenvalue weighted by Crippen LogP contribution is -2.55. The third kappa shape index (κ3) is 4.00. The zero-order valence-electron chi connectivity index (χ0n) is 22.8. The highest BCUT2D eigenvalue weighted by Crippen LogP contribution is 2.45. The predicted molar refractivity (Wildman–Crippen MR) is 157 cm³/mol. The summed E-state index contributed by atoms with van der Waals surface area (Å²) in [5.74, 6) is 0.103. The number of rotatable bonds is 5. The molecule has 212 valence electrons. The first kappa shape index (κ1) is 25.6. The maximum Gasteiger partial charge on any atom is 0.319 e. The molecule has 1 N–H and O–H groups in total. The van der Waals surface area contributed by atoms with Crippen molar-refractivity contribution in [1.82, 2.24) is 20.3 Å². The Kier molecular flexibility index (Phi) is 5.90. The van der Waals surface area contributed by atoms with E-state index in [-0.39, 0.29) is 28.5 Å². The number of anilines is 1. The highest BCUT2D eigenvalue weighted by atomic mass is 35.5. The van der Waals surface area contributed by atoms with Crippen molar-refractivity contribution in [3.63, 3.8) is 0 Å².